The number of nitrogens with one attached hydrogen (secondary N) is 2. The summed E-state index contributed by atoms with van der Waals surface area (Å²) in [5, 5.41) is 25.1. The molecule has 5 heterocycles. The lowest BCUT2D eigenvalue weighted by Gasteiger charge is -2.42. The number of unbranched alkanes of at least 4 members (excludes halogenated alkanes) is 2. The van der Waals surface area contributed by atoms with Gasteiger partial charge in [0.15, 0.2) is 0 Å². The summed E-state index contributed by atoms with van der Waals surface area (Å²) in [4.78, 5) is 14.5. The van der Waals surface area contributed by atoms with Crippen LogP contribution in [0.5, 0.6) is 0 Å². The number of hydrogen-bond donors (Lipinski definition) is 4. The number of fused-ring (bicyclic) bond motifs is 2. The van der Waals surface area contributed by atoms with Crippen LogP contribution in [0.4, 0.5) is 11.6 Å². The number of rotatable bonds is 14. The summed E-state index contributed by atoms with van der Waals surface area (Å²) >= 11 is 3.44. The van der Waals surface area contributed by atoms with Crippen molar-refractivity contribution in [1.82, 2.24) is 20.6 Å². The average molecular weight is 1110 g/mol. The molecule has 2 aromatic heterocycles. The number of aromatic nitrogens is 2. The molecule has 0 amide bonds. The Bertz CT molecular complexity index is 2480. The van der Waals surface area contributed by atoms with Crippen molar-refractivity contribution < 1.29 is 19.5 Å². The summed E-state index contributed by atoms with van der Waals surface area (Å²) in [6.45, 7) is 34.3. The third kappa shape index (κ3) is 15.3. The molecule has 10 nitrogen and oxygen atoms in total. The standard InChI is InChI=1S/C29H43N3O.C20H31BO2.C15H24BrN3O/c1-28(2)15-16-29(3,4)25-21-22(12-13-24(25)28)26-10-7-11-27(31-26)32-18-8-9-23(14-19-32)30-17-5-6-20-33;1-17(2)11-12-18(3,4)16-13-14(9-10-15(16)17)21-22-19(5,6)20(7,8)23-21;16-14-6-3-7-15(18-14)19-10-4-5-13(8-11-19)17-9-1-2-12-20/h7,10-13,21,23,30,33H,5-6,8-9,14-20H2,1-4H3;9-10,13H,11-12H2,1-8H3;3,6-7,13,17,20H,1-2,4-5,8-12H2. The molecule has 2 aromatic carbocycles. The highest BCUT2D eigenvalue weighted by Gasteiger charge is 2.52. The first kappa shape index (κ1) is 60.3. The molecule has 4 aromatic rings. The zero-order valence-corrected chi connectivity index (χ0v) is 50.7. The second kappa shape index (κ2) is 25.8. The number of pyridine rings is 2. The number of aliphatic hydroxyl groups excluding tert-OH is 2. The van der Waals surface area contributed by atoms with Crippen molar-refractivity contribution in [2.45, 2.75) is 218 Å². The summed E-state index contributed by atoms with van der Waals surface area (Å²) in [5.74, 6) is 2.17. The maximum absolute atomic E-state index is 8.98. The maximum atomic E-state index is 8.98. The summed E-state index contributed by atoms with van der Waals surface area (Å²) in [6, 6.07) is 27.7. The predicted octanol–water partition coefficient (Wildman–Crippen LogP) is 12.7. The number of anilines is 2. The van der Waals surface area contributed by atoms with Gasteiger partial charge in [0, 0.05) is 57.0 Å². The first-order chi connectivity index (χ1) is 35.9. The number of aliphatic hydroxyl groups is 2. The molecule has 9 rings (SSSR count). The number of halogens is 1. The van der Waals surface area contributed by atoms with Crippen LogP contribution >= 0.6 is 15.9 Å². The molecule has 0 saturated carbocycles. The van der Waals surface area contributed by atoms with Gasteiger partial charge in [-0.25, -0.2) is 9.97 Å². The molecular weight excluding hydrogens is 1010 g/mol. The molecule has 4 N–H and O–H groups in total. The molecule has 5 aliphatic rings. The Morgan fingerprint density at radius 3 is 1.50 bits per heavy atom. The van der Waals surface area contributed by atoms with Crippen LogP contribution in [-0.4, -0.2) is 103 Å². The lowest BCUT2D eigenvalue weighted by molar-refractivity contribution is 0.00578. The van der Waals surface area contributed by atoms with Crippen molar-refractivity contribution in [3.05, 3.63) is 99.7 Å². The largest absolute Gasteiger partial charge is 0.494 e. The minimum Gasteiger partial charge on any atom is -0.399 e. The minimum absolute atomic E-state index is 0.211. The highest BCUT2D eigenvalue weighted by molar-refractivity contribution is 9.10. The molecule has 2 unspecified atom stereocenters. The lowest BCUT2D eigenvalue weighted by Crippen LogP contribution is -2.41. The van der Waals surface area contributed by atoms with E-state index in [2.05, 4.69) is 185 Å². The number of nitrogens with zero attached hydrogens (tertiary/aromatic N) is 4. The lowest BCUT2D eigenvalue weighted by atomic mass is 9.61. The molecule has 418 valence electrons. The van der Waals surface area contributed by atoms with E-state index in [4.69, 9.17) is 24.5 Å². The SMILES string of the molecule is CC1(C)CCC(C)(C)c2cc(-c3cccc(N4CCCC(NCCCCO)CC4)n3)ccc21.CC1(C)CCC(C)(C)c2cc(B3OC(C)(C)C(C)(C)O3)ccc21.OCCCCNC1CCCN(c2cccc(Br)n2)CC1. The fourth-order valence-electron chi connectivity index (χ4n) is 12.0. The summed E-state index contributed by atoms with van der Waals surface area (Å²) in [6.07, 6.45) is 16.0. The van der Waals surface area contributed by atoms with Crippen LogP contribution in [0.1, 0.15) is 195 Å². The fourth-order valence-corrected chi connectivity index (χ4v) is 12.3. The molecule has 3 fully saturated rings. The van der Waals surface area contributed by atoms with Gasteiger partial charge >= 0.3 is 7.12 Å². The molecule has 0 bridgehead atoms. The third-order valence-corrected chi connectivity index (χ3v) is 18.6. The van der Waals surface area contributed by atoms with E-state index in [1.165, 1.54) is 79.2 Å². The van der Waals surface area contributed by atoms with Crippen LogP contribution in [-0.2, 0) is 31.0 Å². The highest BCUT2D eigenvalue weighted by Crippen LogP contribution is 2.48. The van der Waals surface area contributed by atoms with Crippen LogP contribution < -0.4 is 25.9 Å². The Hall–Kier alpha value is -3.36. The highest BCUT2D eigenvalue weighted by atomic mass is 79.9. The van der Waals surface area contributed by atoms with Crippen molar-refractivity contribution in [2.75, 3.05) is 62.3 Å². The van der Waals surface area contributed by atoms with Gasteiger partial charge in [0.25, 0.3) is 0 Å². The van der Waals surface area contributed by atoms with Crippen molar-refractivity contribution in [3.63, 3.8) is 0 Å². The van der Waals surface area contributed by atoms with Crippen molar-refractivity contribution in [3.8, 4) is 11.3 Å². The van der Waals surface area contributed by atoms with E-state index < -0.39 is 0 Å². The van der Waals surface area contributed by atoms with Crippen molar-refractivity contribution >= 4 is 40.1 Å². The normalized spacial score (nSPS) is 22.9. The van der Waals surface area contributed by atoms with Crippen molar-refractivity contribution in [1.29, 1.82) is 0 Å². The van der Waals surface area contributed by atoms with Gasteiger partial charge in [-0.2, -0.15) is 0 Å². The Labute approximate surface area is 469 Å². The topological polar surface area (TPSA) is 115 Å². The van der Waals surface area contributed by atoms with Gasteiger partial charge in [0.1, 0.15) is 16.2 Å². The van der Waals surface area contributed by atoms with Gasteiger partial charge in [-0.15, -0.1) is 0 Å². The first-order valence-corrected chi connectivity index (χ1v) is 30.2. The second-order valence-electron chi connectivity index (χ2n) is 26.4. The van der Waals surface area contributed by atoms with Crippen LogP contribution in [0.15, 0.2) is 77.4 Å². The predicted molar refractivity (Wildman–Crippen MR) is 323 cm³/mol. The number of hydrogen-bond acceptors (Lipinski definition) is 10. The van der Waals surface area contributed by atoms with Gasteiger partial charge in [-0.3, -0.25) is 0 Å². The zero-order valence-electron chi connectivity index (χ0n) is 49.1. The molecule has 0 radical (unpaired) electrons. The van der Waals surface area contributed by atoms with Crippen LogP contribution in [0, 0.1) is 0 Å². The maximum Gasteiger partial charge on any atom is 0.494 e. The summed E-state index contributed by atoms with van der Waals surface area (Å²) in [5.41, 5.74) is 9.74. The number of benzene rings is 2. The van der Waals surface area contributed by atoms with Gasteiger partial charge in [0.2, 0.25) is 0 Å². The zero-order chi connectivity index (χ0) is 54.9. The van der Waals surface area contributed by atoms with Gasteiger partial charge < -0.3 is 40.0 Å². The molecule has 76 heavy (non-hydrogen) atoms. The van der Waals surface area contributed by atoms with Gasteiger partial charge in [-0.05, 0) is 226 Å². The molecule has 12 heteroatoms. The summed E-state index contributed by atoms with van der Waals surface area (Å²) < 4.78 is 13.4. The van der Waals surface area contributed by atoms with Crippen LogP contribution in [0.25, 0.3) is 11.3 Å². The minimum atomic E-state index is -0.289. The first-order valence-electron chi connectivity index (χ1n) is 29.4. The fraction of sp³-hybridized carbons (Fsp3) is 0.656. The average Bonchev–Trinajstić information content (AvgIpc) is 3.66. The third-order valence-electron chi connectivity index (χ3n) is 18.1. The van der Waals surface area contributed by atoms with E-state index in [9.17, 15) is 0 Å². The van der Waals surface area contributed by atoms with E-state index in [-0.39, 0.29) is 40.0 Å². The molecule has 2 aliphatic carbocycles. The Balaban J connectivity index is 0.000000173. The van der Waals surface area contributed by atoms with E-state index in [1.54, 1.807) is 0 Å². The quantitative estimate of drug-likeness (QED) is 0.0553. The molecule has 3 aliphatic heterocycles. The van der Waals surface area contributed by atoms with Crippen molar-refractivity contribution in [2.24, 2.45) is 0 Å². The smallest absolute Gasteiger partial charge is 0.399 e. The molecular formula is C64H98BBrN6O4. The van der Waals surface area contributed by atoms with Crippen LogP contribution in [0.2, 0.25) is 0 Å². The molecule has 3 saturated heterocycles. The summed E-state index contributed by atoms with van der Waals surface area (Å²) in [7, 11) is -0.272. The van der Waals surface area contributed by atoms with Gasteiger partial charge in [-0.1, -0.05) is 97.9 Å². The molecule has 0 spiro atoms. The Kier molecular flexibility index (Phi) is 20.5. The Morgan fingerprint density at radius 2 is 1.00 bits per heavy atom. The van der Waals surface area contributed by atoms with E-state index in [1.807, 2.05) is 12.1 Å². The van der Waals surface area contributed by atoms with E-state index in [0.29, 0.717) is 25.3 Å². The molecule has 2 atom stereocenters. The monoisotopic (exact) mass is 1100 g/mol. The van der Waals surface area contributed by atoms with Crippen LogP contribution in [0.3, 0.4) is 0 Å². The second-order valence-corrected chi connectivity index (χ2v) is 27.2. The van der Waals surface area contributed by atoms with E-state index in [0.717, 1.165) is 105 Å². The van der Waals surface area contributed by atoms with E-state index >= 15 is 0 Å². The Morgan fingerprint density at radius 1 is 0.539 bits per heavy atom. The van der Waals surface area contributed by atoms with Gasteiger partial charge in [0.05, 0.1) is 16.9 Å².